The first kappa shape index (κ1) is 13.0. The molecular weight excluding hydrogens is 226 g/mol. The lowest BCUT2D eigenvalue weighted by Crippen LogP contribution is -2.34. The van der Waals surface area contributed by atoms with Crippen LogP contribution in [0.2, 0.25) is 0 Å². The highest BCUT2D eigenvalue weighted by atomic mass is 32.2. The summed E-state index contributed by atoms with van der Waals surface area (Å²) in [4.78, 5) is 0. The van der Waals surface area contributed by atoms with Crippen LogP contribution in [-0.4, -0.2) is 17.0 Å². The minimum absolute atomic E-state index is 0.539. The Morgan fingerprint density at radius 3 is 2.82 bits per heavy atom. The van der Waals surface area contributed by atoms with Gasteiger partial charge in [0.25, 0.3) is 0 Å². The van der Waals surface area contributed by atoms with Crippen LogP contribution in [0.15, 0.2) is 24.3 Å². The molecule has 1 aliphatic rings. The van der Waals surface area contributed by atoms with E-state index in [1.54, 1.807) is 5.56 Å². The summed E-state index contributed by atoms with van der Waals surface area (Å²) in [6.45, 7) is 7.85. The third-order valence-electron chi connectivity index (χ3n) is 3.33. The van der Waals surface area contributed by atoms with E-state index in [0.29, 0.717) is 11.3 Å². The van der Waals surface area contributed by atoms with Crippen LogP contribution in [0, 0.1) is 0 Å². The predicted octanol–water partition coefficient (Wildman–Crippen LogP) is 3.79. The first-order chi connectivity index (χ1) is 8.22. The second kappa shape index (κ2) is 5.92. The van der Waals surface area contributed by atoms with Crippen molar-refractivity contribution in [2.24, 2.45) is 0 Å². The van der Waals surface area contributed by atoms with Crippen molar-refractivity contribution in [1.82, 2.24) is 5.32 Å². The average molecular weight is 249 g/mol. The van der Waals surface area contributed by atoms with Gasteiger partial charge in [0, 0.05) is 11.3 Å². The smallest absolute Gasteiger partial charge is 0.0443 e. The van der Waals surface area contributed by atoms with E-state index in [1.807, 2.05) is 0 Å². The van der Waals surface area contributed by atoms with Crippen molar-refractivity contribution in [3.63, 3.8) is 0 Å². The van der Waals surface area contributed by atoms with Crippen molar-refractivity contribution in [1.29, 1.82) is 0 Å². The number of nitrogens with one attached hydrogen (secondary N) is 1. The Labute approximate surface area is 109 Å². The zero-order chi connectivity index (χ0) is 12.3. The van der Waals surface area contributed by atoms with Crippen LogP contribution in [-0.2, 0) is 6.42 Å². The van der Waals surface area contributed by atoms with E-state index in [-0.39, 0.29) is 0 Å². The third-order valence-corrected chi connectivity index (χ3v) is 4.73. The third kappa shape index (κ3) is 3.05. The maximum Gasteiger partial charge on any atom is 0.0443 e. The van der Waals surface area contributed by atoms with Crippen molar-refractivity contribution in [3.05, 3.63) is 35.4 Å². The van der Waals surface area contributed by atoms with E-state index in [2.05, 4.69) is 62.1 Å². The van der Waals surface area contributed by atoms with Gasteiger partial charge in [0.15, 0.2) is 0 Å². The molecule has 0 spiro atoms. The highest BCUT2D eigenvalue weighted by Gasteiger charge is 2.29. The first-order valence-corrected chi connectivity index (χ1v) is 7.63. The van der Waals surface area contributed by atoms with E-state index in [0.717, 1.165) is 11.8 Å². The van der Waals surface area contributed by atoms with Gasteiger partial charge < -0.3 is 5.32 Å². The van der Waals surface area contributed by atoms with Gasteiger partial charge in [-0.3, -0.25) is 0 Å². The Morgan fingerprint density at radius 2 is 2.12 bits per heavy atom. The summed E-state index contributed by atoms with van der Waals surface area (Å²) in [5, 5.41) is 5.12. The molecule has 2 heteroatoms. The second-order valence-corrected chi connectivity index (χ2v) is 6.82. The molecular formula is C15H23NS. The molecule has 0 heterocycles. The number of hydrogen-bond acceptors (Lipinski definition) is 2. The van der Waals surface area contributed by atoms with Gasteiger partial charge in [-0.1, -0.05) is 45.0 Å². The molecule has 1 aliphatic carbocycles. The van der Waals surface area contributed by atoms with Crippen LogP contribution in [0.5, 0.6) is 0 Å². The molecule has 1 nitrogen and oxygen atoms in total. The fraction of sp³-hybridized carbons (Fsp3) is 0.600. The summed E-state index contributed by atoms with van der Waals surface area (Å²) in [5.74, 6) is 0. The van der Waals surface area contributed by atoms with Crippen molar-refractivity contribution in [3.8, 4) is 0 Å². The zero-order valence-electron chi connectivity index (χ0n) is 11.1. The van der Waals surface area contributed by atoms with Crippen LogP contribution in [0.3, 0.4) is 0 Å². The lowest BCUT2D eigenvalue weighted by molar-refractivity contribution is 0.483. The molecule has 1 aromatic carbocycles. The van der Waals surface area contributed by atoms with E-state index >= 15 is 0 Å². The van der Waals surface area contributed by atoms with Crippen molar-refractivity contribution < 1.29 is 0 Å². The predicted molar refractivity (Wildman–Crippen MR) is 77.7 cm³/mol. The number of benzene rings is 1. The Bertz CT molecular complexity index is 362. The van der Waals surface area contributed by atoms with Crippen molar-refractivity contribution >= 4 is 11.8 Å². The highest BCUT2D eigenvalue weighted by Crippen LogP contribution is 2.38. The Kier molecular flexibility index (Phi) is 4.52. The lowest BCUT2D eigenvalue weighted by Gasteiger charge is -2.34. The number of fused-ring (bicyclic) bond motifs is 1. The molecule has 0 aliphatic heterocycles. The first-order valence-electron chi connectivity index (χ1n) is 6.69. The SMILES string of the molecule is CCNC1c2ccccc2CCC1SC(C)C. The molecule has 1 N–H and O–H groups in total. The normalized spacial score (nSPS) is 23.8. The molecule has 2 unspecified atom stereocenters. The monoisotopic (exact) mass is 249 g/mol. The van der Waals surface area contributed by atoms with Gasteiger partial charge >= 0.3 is 0 Å². The standard InChI is InChI=1S/C15H23NS/c1-4-16-15-13-8-6-5-7-12(13)9-10-14(15)17-11(2)3/h5-8,11,14-16H,4,9-10H2,1-3H3. The minimum Gasteiger partial charge on any atom is -0.309 e. The van der Waals surface area contributed by atoms with Crippen LogP contribution in [0.25, 0.3) is 0 Å². The van der Waals surface area contributed by atoms with Gasteiger partial charge in [-0.2, -0.15) is 11.8 Å². The zero-order valence-corrected chi connectivity index (χ0v) is 11.9. The molecule has 0 radical (unpaired) electrons. The van der Waals surface area contributed by atoms with E-state index in [4.69, 9.17) is 0 Å². The summed E-state index contributed by atoms with van der Waals surface area (Å²) in [7, 11) is 0. The quantitative estimate of drug-likeness (QED) is 0.871. The summed E-state index contributed by atoms with van der Waals surface area (Å²) in [5.41, 5.74) is 3.07. The number of hydrogen-bond donors (Lipinski definition) is 1. The molecule has 2 atom stereocenters. The average Bonchev–Trinajstić information content (AvgIpc) is 2.32. The maximum absolute atomic E-state index is 3.68. The fourth-order valence-corrected chi connectivity index (χ4v) is 4.04. The molecule has 0 saturated heterocycles. The second-order valence-electron chi connectivity index (χ2n) is 5.00. The molecule has 1 aromatic rings. The summed E-state index contributed by atoms with van der Waals surface area (Å²) in [6.07, 6.45) is 2.54. The summed E-state index contributed by atoms with van der Waals surface area (Å²) < 4.78 is 0. The van der Waals surface area contributed by atoms with E-state index in [1.165, 1.54) is 18.4 Å². The Hall–Kier alpha value is -0.470. The van der Waals surface area contributed by atoms with Crippen LogP contribution in [0.4, 0.5) is 0 Å². The van der Waals surface area contributed by atoms with E-state index in [9.17, 15) is 0 Å². The largest absolute Gasteiger partial charge is 0.309 e. The van der Waals surface area contributed by atoms with Gasteiger partial charge in [-0.15, -0.1) is 0 Å². The molecule has 0 aromatic heterocycles. The van der Waals surface area contributed by atoms with Crippen molar-refractivity contribution in [2.45, 2.75) is 50.2 Å². The molecule has 0 saturated carbocycles. The molecule has 94 valence electrons. The van der Waals surface area contributed by atoms with Crippen LogP contribution < -0.4 is 5.32 Å². The topological polar surface area (TPSA) is 12.0 Å². The molecule has 2 rings (SSSR count). The van der Waals surface area contributed by atoms with Gasteiger partial charge in [0.1, 0.15) is 0 Å². The lowest BCUT2D eigenvalue weighted by atomic mass is 9.87. The van der Waals surface area contributed by atoms with Gasteiger partial charge in [-0.25, -0.2) is 0 Å². The fourth-order valence-electron chi connectivity index (χ4n) is 2.69. The molecule has 0 amide bonds. The Morgan fingerprint density at radius 1 is 1.35 bits per heavy atom. The summed E-state index contributed by atoms with van der Waals surface area (Å²) in [6, 6.07) is 9.46. The summed E-state index contributed by atoms with van der Waals surface area (Å²) >= 11 is 2.12. The number of thioether (sulfide) groups is 1. The van der Waals surface area contributed by atoms with E-state index < -0.39 is 0 Å². The van der Waals surface area contributed by atoms with Crippen LogP contribution >= 0.6 is 11.8 Å². The highest BCUT2D eigenvalue weighted by molar-refractivity contribution is 8.00. The molecule has 17 heavy (non-hydrogen) atoms. The minimum atomic E-state index is 0.539. The number of rotatable bonds is 4. The maximum atomic E-state index is 3.68. The Balaban J connectivity index is 2.22. The van der Waals surface area contributed by atoms with Gasteiger partial charge in [-0.05, 0) is 35.8 Å². The number of aryl methyl sites for hydroxylation is 1. The van der Waals surface area contributed by atoms with Crippen molar-refractivity contribution in [2.75, 3.05) is 6.54 Å². The molecule has 0 bridgehead atoms. The van der Waals surface area contributed by atoms with Crippen LogP contribution in [0.1, 0.15) is 44.4 Å². The van der Waals surface area contributed by atoms with Gasteiger partial charge in [0.2, 0.25) is 0 Å². The van der Waals surface area contributed by atoms with Gasteiger partial charge in [0.05, 0.1) is 0 Å². The molecule has 0 fully saturated rings.